The van der Waals surface area contributed by atoms with Gasteiger partial charge >= 0.3 is 6.61 Å². The Bertz CT molecular complexity index is 1220. The van der Waals surface area contributed by atoms with E-state index in [0.29, 0.717) is 10.5 Å². The van der Waals surface area contributed by atoms with Crippen LogP contribution in [0.15, 0.2) is 77.2 Å². The Morgan fingerprint density at radius 2 is 1.77 bits per heavy atom. The van der Waals surface area contributed by atoms with E-state index in [1.807, 2.05) is 30.3 Å². The quantitative estimate of drug-likeness (QED) is 0.507. The number of hydrogen-bond acceptors (Lipinski definition) is 5. The summed E-state index contributed by atoms with van der Waals surface area (Å²) in [6.07, 6.45) is 2.81. The maximum Gasteiger partial charge on any atom is 0.387 e. The van der Waals surface area contributed by atoms with Crippen LogP contribution < -0.4 is 15.6 Å². The number of thiazole rings is 1. The van der Waals surface area contributed by atoms with Crippen molar-refractivity contribution in [1.29, 1.82) is 0 Å². The van der Waals surface area contributed by atoms with Gasteiger partial charge in [0.2, 0.25) is 0 Å². The SMILES string of the molecule is O=C(NC(c1ccccc1)c1ccc(OC(F)F)cc1)c1cnc2sccn2c1=O. The number of aromatic nitrogens is 2. The molecule has 2 aromatic carbocycles. The molecule has 2 heterocycles. The number of carbonyl (C=O) groups is 1. The number of alkyl halides is 2. The highest BCUT2D eigenvalue weighted by Gasteiger charge is 2.21. The Kier molecular flexibility index (Phi) is 5.53. The molecule has 0 spiro atoms. The summed E-state index contributed by atoms with van der Waals surface area (Å²) in [5, 5.41) is 4.56. The Morgan fingerprint density at radius 1 is 1.07 bits per heavy atom. The first kappa shape index (κ1) is 19.7. The molecular weight excluding hydrogens is 412 g/mol. The van der Waals surface area contributed by atoms with Crippen molar-refractivity contribution in [3.05, 3.63) is 99.4 Å². The summed E-state index contributed by atoms with van der Waals surface area (Å²) in [6, 6.07) is 14.5. The normalized spacial score (nSPS) is 12.1. The molecule has 1 amide bonds. The molecule has 0 radical (unpaired) electrons. The first-order chi connectivity index (χ1) is 14.5. The zero-order valence-electron chi connectivity index (χ0n) is 15.4. The highest BCUT2D eigenvalue weighted by molar-refractivity contribution is 7.15. The molecule has 0 saturated heterocycles. The lowest BCUT2D eigenvalue weighted by molar-refractivity contribution is -0.0498. The van der Waals surface area contributed by atoms with Crippen LogP contribution in [0.5, 0.6) is 5.75 Å². The van der Waals surface area contributed by atoms with Crippen LogP contribution in [-0.2, 0) is 0 Å². The first-order valence-corrected chi connectivity index (χ1v) is 9.76. The summed E-state index contributed by atoms with van der Waals surface area (Å²) < 4.78 is 30.5. The molecule has 1 N–H and O–H groups in total. The Balaban J connectivity index is 1.67. The third-order valence-electron chi connectivity index (χ3n) is 4.43. The second kappa shape index (κ2) is 8.42. The van der Waals surface area contributed by atoms with Crippen LogP contribution in [0.4, 0.5) is 8.78 Å². The second-order valence-electron chi connectivity index (χ2n) is 6.30. The maximum atomic E-state index is 12.9. The number of rotatable bonds is 6. The molecule has 0 fully saturated rings. The number of nitrogens with one attached hydrogen (secondary N) is 1. The van der Waals surface area contributed by atoms with Gasteiger partial charge in [-0.25, -0.2) is 4.98 Å². The van der Waals surface area contributed by atoms with Crippen molar-refractivity contribution in [3.63, 3.8) is 0 Å². The minimum Gasteiger partial charge on any atom is -0.435 e. The molecule has 4 rings (SSSR count). The molecule has 30 heavy (non-hydrogen) atoms. The maximum absolute atomic E-state index is 12.9. The van der Waals surface area contributed by atoms with E-state index in [-0.39, 0.29) is 11.3 Å². The van der Waals surface area contributed by atoms with Crippen molar-refractivity contribution in [2.24, 2.45) is 0 Å². The molecular formula is C21H15F2N3O3S. The smallest absolute Gasteiger partial charge is 0.387 e. The van der Waals surface area contributed by atoms with Gasteiger partial charge < -0.3 is 10.1 Å². The van der Waals surface area contributed by atoms with Crippen LogP contribution in [0.3, 0.4) is 0 Å². The third-order valence-corrected chi connectivity index (χ3v) is 5.21. The Hall–Kier alpha value is -3.59. The molecule has 0 saturated carbocycles. The molecule has 1 unspecified atom stereocenters. The second-order valence-corrected chi connectivity index (χ2v) is 7.17. The molecule has 0 aliphatic rings. The lowest BCUT2D eigenvalue weighted by Gasteiger charge is -2.20. The van der Waals surface area contributed by atoms with Gasteiger partial charge in [-0.15, -0.1) is 11.3 Å². The largest absolute Gasteiger partial charge is 0.435 e. The van der Waals surface area contributed by atoms with Gasteiger partial charge in [0, 0.05) is 17.8 Å². The number of benzene rings is 2. The standard InChI is InChI=1S/C21H15F2N3O3S/c22-20(23)29-15-8-6-14(7-9-15)17(13-4-2-1-3-5-13)25-18(27)16-12-24-21-26(19(16)28)10-11-30-21/h1-12,17,20H,(H,25,27). The average Bonchev–Trinajstić information content (AvgIpc) is 3.23. The summed E-state index contributed by atoms with van der Waals surface area (Å²) in [6.45, 7) is -2.92. The van der Waals surface area contributed by atoms with E-state index >= 15 is 0 Å². The third kappa shape index (κ3) is 4.06. The van der Waals surface area contributed by atoms with Gasteiger partial charge in [-0.3, -0.25) is 14.0 Å². The van der Waals surface area contributed by atoms with Crippen molar-refractivity contribution < 1.29 is 18.3 Å². The van der Waals surface area contributed by atoms with Gasteiger partial charge in [-0.1, -0.05) is 42.5 Å². The molecule has 152 valence electrons. The fourth-order valence-corrected chi connectivity index (χ4v) is 3.71. The number of hydrogen-bond donors (Lipinski definition) is 1. The van der Waals surface area contributed by atoms with Gasteiger partial charge in [0.25, 0.3) is 11.5 Å². The molecule has 4 aromatic rings. The van der Waals surface area contributed by atoms with Crippen LogP contribution in [0, 0.1) is 0 Å². The minimum absolute atomic E-state index is 0.0113. The van der Waals surface area contributed by atoms with Crippen LogP contribution in [0.25, 0.3) is 4.96 Å². The van der Waals surface area contributed by atoms with Crippen molar-refractivity contribution in [1.82, 2.24) is 14.7 Å². The molecule has 0 bridgehead atoms. The highest BCUT2D eigenvalue weighted by atomic mass is 32.1. The van der Waals surface area contributed by atoms with E-state index in [9.17, 15) is 18.4 Å². The molecule has 0 aliphatic heterocycles. The molecule has 9 heteroatoms. The van der Waals surface area contributed by atoms with Crippen molar-refractivity contribution in [2.45, 2.75) is 12.7 Å². The summed E-state index contributed by atoms with van der Waals surface area (Å²) >= 11 is 1.29. The van der Waals surface area contributed by atoms with E-state index in [1.54, 1.807) is 23.7 Å². The van der Waals surface area contributed by atoms with Crippen LogP contribution in [-0.4, -0.2) is 21.9 Å². The number of ether oxygens (including phenoxy) is 1. The average molecular weight is 427 g/mol. The van der Waals surface area contributed by atoms with E-state index in [0.717, 1.165) is 5.56 Å². The van der Waals surface area contributed by atoms with Crippen molar-refractivity contribution in [2.75, 3.05) is 0 Å². The van der Waals surface area contributed by atoms with Gasteiger partial charge in [-0.05, 0) is 23.3 Å². The number of halogens is 2. The molecule has 2 aromatic heterocycles. The molecule has 6 nitrogen and oxygen atoms in total. The molecule has 1 atom stereocenters. The lowest BCUT2D eigenvalue weighted by Crippen LogP contribution is -2.34. The number of nitrogens with zero attached hydrogens (tertiary/aromatic N) is 2. The van der Waals surface area contributed by atoms with Crippen LogP contribution in [0.2, 0.25) is 0 Å². The van der Waals surface area contributed by atoms with Crippen LogP contribution >= 0.6 is 11.3 Å². The van der Waals surface area contributed by atoms with Crippen molar-refractivity contribution >= 4 is 22.2 Å². The van der Waals surface area contributed by atoms with E-state index in [4.69, 9.17) is 0 Å². The van der Waals surface area contributed by atoms with E-state index in [1.165, 1.54) is 34.1 Å². The predicted molar refractivity (Wildman–Crippen MR) is 108 cm³/mol. The lowest BCUT2D eigenvalue weighted by atomic mass is 9.98. The summed E-state index contributed by atoms with van der Waals surface area (Å²) in [4.78, 5) is 30.2. The molecule has 0 aliphatic carbocycles. The van der Waals surface area contributed by atoms with E-state index < -0.39 is 24.1 Å². The topological polar surface area (TPSA) is 72.7 Å². The van der Waals surface area contributed by atoms with E-state index in [2.05, 4.69) is 15.0 Å². The van der Waals surface area contributed by atoms with Gasteiger partial charge in [0.05, 0.1) is 6.04 Å². The van der Waals surface area contributed by atoms with Gasteiger partial charge in [-0.2, -0.15) is 8.78 Å². The fourth-order valence-electron chi connectivity index (χ4n) is 3.04. The minimum atomic E-state index is -2.92. The Morgan fingerprint density at radius 3 is 2.47 bits per heavy atom. The monoisotopic (exact) mass is 427 g/mol. The van der Waals surface area contributed by atoms with Crippen LogP contribution in [0.1, 0.15) is 27.5 Å². The Labute approximate surface area is 173 Å². The fraction of sp³-hybridized carbons (Fsp3) is 0.0952. The van der Waals surface area contributed by atoms with Crippen molar-refractivity contribution in [3.8, 4) is 5.75 Å². The predicted octanol–water partition coefficient (Wildman–Crippen LogP) is 3.88. The first-order valence-electron chi connectivity index (χ1n) is 8.88. The highest BCUT2D eigenvalue weighted by Crippen LogP contribution is 2.25. The van der Waals surface area contributed by atoms with Gasteiger partial charge in [0.15, 0.2) is 4.96 Å². The summed E-state index contributed by atoms with van der Waals surface area (Å²) in [7, 11) is 0. The number of amides is 1. The zero-order valence-corrected chi connectivity index (χ0v) is 16.2. The number of carbonyl (C=O) groups excluding carboxylic acids is 1. The van der Waals surface area contributed by atoms with Gasteiger partial charge in [0.1, 0.15) is 11.3 Å². The zero-order chi connectivity index (χ0) is 21.1. The number of fused-ring (bicyclic) bond motifs is 1. The summed E-state index contributed by atoms with van der Waals surface area (Å²) in [5.41, 5.74) is 0.842. The summed E-state index contributed by atoms with van der Waals surface area (Å²) in [5.74, 6) is -0.577.